The van der Waals surface area contributed by atoms with Crippen molar-refractivity contribution in [3.8, 4) is 11.7 Å². The van der Waals surface area contributed by atoms with E-state index in [2.05, 4.69) is 134 Å². The third kappa shape index (κ3) is 4.41. The van der Waals surface area contributed by atoms with Crippen LogP contribution >= 0.6 is 0 Å². The van der Waals surface area contributed by atoms with E-state index in [4.69, 9.17) is 0 Å². The molecule has 29 heavy (non-hydrogen) atoms. The molecule has 0 fully saturated rings. The Morgan fingerprint density at radius 1 is 0.517 bits per heavy atom. The van der Waals surface area contributed by atoms with Gasteiger partial charge in [0.2, 0.25) is 0 Å². The Bertz CT molecular complexity index is 997. The first-order valence-electron chi connectivity index (χ1n) is 9.71. The van der Waals surface area contributed by atoms with Crippen molar-refractivity contribution in [2.24, 2.45) is 0 Å². The molecule has 0 amide bonds. The minimum Gasteiger partial charge on any atom is -0.292 e. The fraction of sp³-hybridized carbons (Fsp3) is 0.0370. The van der Waals surface area contributed by atoms with Crippen LogP contribution in [-0.4, -0.2) is 6.15 Å². The van der Waals surface area contributed by atoms with Crippen molar-refractivity contribution in [3.63, 3.8) is 0 Å². The predicted octanol–water partition coefficient (Wildman–Crippen LogP) is 1.06. The largest absolute Gasteiger partial charge is 1.00 e. The van der Waals surface area contributed by atoms with Gasteiger partial charge in [-0.15, -0.1) is 5.92 Å². The van der Waals surface area contributed by atoms with Gasteiger partial charge in [0.05, 0.1) is 0 Å². The van der Waals surface area contributed by atoms with Crippen LogP contribution in [0.1, 0.15) is 11.1 Å². The predicted molar refractivity (Wildman–Crippen MR) is 122 cm³/mol. The Morgan fingerprint density at radius 2 is 0.897 bits per heavy atom. The fourth-order valence-corrected chi connectivity index (χ4v) is 3.88. The zero-order chi connectivity index (χ0) is 19.2. The van der Waals surface area contributed by atoms with Gasteiger partial charge in [-0.2, -0.15) is 16.4 Å². The molecule has 0 saturated carbocycles. The van der Waals surface area contributed by atoms with Gasteiger partial charge >= 0.3 is 18.9 Å². The normalized spacial score (nSPS) is 10.4. The summed E-state index contributed by atoms with van der Waals surface area (Å²) in [5.74, 6) is 7.22. The summed E-state index contributed by atoms with van der Waals surface area (Å²) >= 11 is 0. The summed E-state index contributed by atoms with van der Waals surface area (Å²) in [7, 11) is 0. The number of hydrogen-bond donors (Lipinski definition) is 0. The van der Waals surface area contributed by atoms with Crippen molar-refractivity contribution >= 4 is 22.5 Å². The molecule has 0 aliphatic carbocycles. The molecule has 4 rings (SSSR count). The van der Waals surface area contributed by atoms with Gasteiger partial charge in [-0.3, -0.25) is 5.82 Å². The van der Waals surface area contributed by atoms with E-state index in [1.807, 2.05) is 0 Å². The quantitative estimate of drug-likeness (QED) is 0.377. The van der Waals surface area contributed by atoms with Gasteiger partial charge in [0, 0.05) is 5.56 Å². The van der Waals surface area contributed by atoms with Crippen LogP contribution in [0.25, 0.3) is 0 Å². The maximum atomic E-state index is 3.73. The average Bonchev–Trinajstić information content (AvgIpc) is 2.78. The molecule has 0 saturated heterocycles. The first-order valence-corrected chi connectivity index (χ1v) is 9.71. The van der Waals surface area contributed by atoms with E-state index in [1.54, 1.807) is 0 Å². The standard InChI is InChI=1S/C27H22B.Li/c1-23-17-19-24(20-18-23)21-22-28(25-11-5-2-6-12-25,26-13-7-3-8-14-26)27-15-9-4-10-16-27;/h2-20H,1H3;/q-1;+1. The van der Waals surface area contributed by atoms with Crippen LogP contribution in [0.15, 0.2) is 115 Å². The van der Waals surface area contributed by atoms with E-state index in [-0.39, 0.29) is 18.9 Å². The van der Waals surface area contributed by atoms with Gasteiger partial charge in [-0.1, -0.05) is 109 Å². The summed E-state index contributed by atoms with van der Waals surface area (Å²) < 4.78 is 0. The number of aryl methyl sites for hydroxylation is 1. The topological polar surface area (TPSA) is 0 Å². The molecular weight excluding hydrogens is 342 g/mol. The Kier molecular flexibility index (Phi) is 6.85. The first kappa shape index (κ1) is 20.8. The maximum absolute atomic E-state index is 3.73. The van der Waals surface area contributed by atoms with Crippen LogP contribution in [0.5, 0.6) is 0 Å². The molecule has 0 bridgehead atoms. The molecule has 4 aromatic carbocycles. The zero-order valence-electron chi connectivity index (χ0n) is 17.0. The van der Waals surface area contributed by atoms with Crippen molar-refractivity contribution in [1.29, 1.82) is 0 Å². The number of benzene rings is 4. The third-order valence-corrected chi connectivity index (χ3v) is 5.38. The molecule has 0 spiro atoms. The van der Waals surface area contributed by atoms with E-state index in [0.717, 1.165) is 5.56 Å². The van der Waals surface area contributed by atoms with Crippen molar-refractivity contribution < 1.29 is 18.9 Å². The summed E-state index contributed by atoms with van der Waals surface area (Å²) in [5.41, 5.74) is 6.00. The van der Waals surface area contributed by atoms with Gasteiger partial charge in [-0.05, 0) is 19.1 Å². The van der Waals surface area contributed by atoms with E-state index >= 15 is 0 Å². The van der Waals surface area contributed by atoms with E-state index < -0.39 is 6.15 Å². The summed E-state index contributed by atoms with van der Waals surface area (Å²) in [4.78, 5) is 0. The van der Waals surface area contributed by atoms with E-state index in [9.17, 15) is 0 Å². The molecule has 0 unspecified atom stereocenters. The second kappa shape index (κ2) is 9.54. The summed E-state index contributed by atoms with van der Waals surface area (Å²) in [6, 6.07) is 40.4. The Balaban J connectivity index is 0.00000240. The van der Waals surface area contributed by atoms with Gasteiger partial charge in [-0.25, -0.2) is 0 Å². The Morgan fingerprint density at radius 3 is 1.28 bits per heavy atom. The molecule has 4 aromatic rings. The smallest absolute Gasteiger partial charge is 0.292 e. The molecule has 0 radical (unpaired) electrons. The molecule has 0 nitrogen and oxygen atoms in total. The van der Waals surface area contributed by atoms with Crippen LogP contribution < -0.4 is 35.2 Å². The molecule has 0 aromatic heterocycles. The summed E-state index contributed by atoms with van der Waals surface area (Å²) in [5, 5.41) is 0. The molecular formula is C27H22BLi. The van der Waals surface area contributed by atoms with E-state index in [1.165, 1.54) is 22.0 Å². The minimum atomic E-state index is -1.41. The van der Waals surface area contributed by atoms with Crippen molar-refractivity contribution in [2.45, 2.75) is 6.92 Å². The second-order valence-electron chi connectivity index (χ2n) is 7.23. The van der Waals surface area contributed by atoms with Crippen LogP contribution in [0, 0.1) is 18.7 Å². The van der Waals surface area contributed by atoms with Gasteiger partial charge in [0.15, 0.2) is 0 Å². The summed E-state index contributed by atoms with van der Waals surface area (Å²) in [6.45, 7) is 2.10. The van der Waals surface area contributed by atoms with Gasteiger partial charge in [0.1, 0.15) is 6.15 Å². The van der Waals surface area contributed by atoms with Crippen LogP contribution in [0.2, 0.25) is 0 Å². The number of hydrogen-bond acceptors (Lipinski definition) is 0. The molecule has 0 atom stereocenters. The van der Waals surface area contributed by atoms with E-state index in [0.29, 0.717) is 0 Å². The molecule has 0 heterocycles. The van der Waals surface area contributed by atoms with Gasteiger partial charge in [0.25, 0.3) is 0 Å². The maximum Gasteiger partial charge on any atom is 1.00 e. The van der Waals surface area contributed by atoms with Crippen molar-refractivity contribution in [1.82, 2.24) is 0 Å². The van der Waals surface area contributed by atoms with Crippen molar-refractivity contribution in [2.75, 3.05) is 0 Å². The Labute approximate surface area is 186 Å². The SMILES string of the molecule is Cc1ccc(C#C[B-](c2ccccc2)(c2ccccc2)c2ccccc2)cc1.[Li+]. The molecule has 0 aliphatic heterocycles. The van der Waals surface area contributed by atoms with Crippen LogP contribution in [0.4, 0.5) is 0 Å². The molecule has 2 heteroatoms. The summed E-state index contributed by atoms with van der Waals surface area (Å²) in [6.07, 6.45) is -1.41. The van der Waals surface area contributed by atoms with Crippen LogP contribution in [0.3, 0.4) is 0 Å². The second-order valence-corrected chi connectivity index (χ2v) is 7.23. The number of rotatable bonds is 3. The van der Waals surface area contributed by atoms with Crippen LogP contribution in [-0.2, 0) is 0 Å². The molecule has 0 N–H and O–H groups in total. The molecule has 134 valence electrons. The Hall–Kier alpha value is -2.90. The zero-order valence-corrected chi connectivity index (χ0v) is 17.0. The average molecular weight is 364 g/mol. The van der Waals surface area contributed by atoms with Crippen molar-refractivity contribution in [3.05, 3.63) is 126 Å². The fourth-order valence-electron chi connectivity index (χ4n) is 3.88. The minimum absolute atomic E-state index is 0. The monoisotopic (exact) mass is 364 g/mol. The molecule has 0 aliphatic rings. The first-order chi connectivity index (χ1) is 13.8. The van der Waals surface area contributed by atoms with Gasteiger partial charge < -0.3 is 0 Å². The third-order valence-electron chi connectivity index (χ3n) is 5.38.